The number of rotatable bonds is 4. The van der Waals surface area contributed by atoms with Crippen LogP contribution in [0.15, 0.2) is 30.3 Å². The van der Waals surface area contributed by atoms with Crippen LogP contribution in [-0.2, 0) is 9.59 Å². The van der Waals surface area contributed by atoms with Gasteiger partial charge < -0.3 is 10.4 Å². The SMILES string of the molecule is CC(=O)N[C@@H](C(=O)O)[C@H](C)c1ccccc1. The van der Waals surface area contributed by atoms with E-state index in [1.807, 2.05) is 30.3 Å². The Kier molecular flexibility index (Phi) is 4.05. The molecule has 1 aromatic carbocycles. The molecule has 1 rings (SSSR count). The van der Waals surface area contributed by atoms with Crippen molar-refractivity contribution in [2.24, 2.45) is 0 Å². The van der Waals surface area contributed by atoms with E-state index in [1.54, 1.807) is 6.92 Å². The van der Waals surface area contributed by atoms with Gasteiger partial charge in [-0.15, -0.1) is 0 Å². The highest BCUT2D eigenvalue weighted by atomic mass is 16.4. The molecular weight excluding hydrogens is 206 g/mol. The average molecular weight is 221 g/mol. The van der Waals surface area contributed by atoms with Gasteiger partial charge in [-0.05, 0) is 5.56 Å². The van der Waals surface area contributed by atoms with Crippen molar-refractivity contribution in [1.29, 1.82) is 0 Å². The second-order valence-corrected chi connectivity index (χ2v) is 3.72. The molecule has 1 aromatic rings. The minimum Gasteiger partial charge on any atom is -0.480 e. The van der Waals surface area contributed by atoms with E-state index in [4.69, 9.17) is 5.11 Å². The summed E-state index contributed by atoms with van der Waals surface area (Å²) in [6.07, 6.45) is 0. The van der Waals surface area contributed by atoms with Crippen LogP contribution in [0.1, 0.15) is 25.3 Å². The maximum atomic E-state index is 11.0. The summed E-state index contributed by atoms with van der Waals surface area (Å²) in [4.78, 5) is 22.0. The summed E-state index contributed by atoms with van der Waals surface area (Å²) in [5.41, 5.74) is 0.892. The van der Waals surface area contributed by atoms with Crippen LogP contribution in [-0.4, -0.2) is 23.0 Å². The Balaban J connectivity index is 2.87. The third-order valence-corrected chi connectivity index (χ3v) is 2.45. The first-order valence-electron chi connectivity index (χ1n) is 5.07. The molecular formula is C12H15NO3. The molecule has 0 aliphatic carbocycles. The smallest absolute Gasteiger partial charge is 0.326 e. The first kappa shape index (κ1) is 12.2. The van der Waals surface area contributed by atoms with Gasteiger partial charge in [0.15, 0.2) is 0 Å². The zero-order valence-corrected chi connectivity index (χ0v) is 9.31. The van der Waals surface area contributed by atoms with E-state index in [1.165, 1.54) is 6.92 Å². The lowest BCUT2D eigenvalue weighted by Gasteiger charge is -2.21. The number of carbonyl (C=O) groups is 2. The van der Waals surface area contributed by atoms with E-state index >= 15 is 0 Å². The lowest BCUT2D eigenvalue weighted by Crippen LogP contribution is -2.43. The molecule has 0 aromatic heterocycles. The first-order valence-corrected chi connectivity index (χ1v) is 5.07. The molecule has 2 atom stereocenters. The molecule has 0 radical (unpaired) electrons. The second kappa shape index (κ2) is 5.30. The number of hydrogen-bond acceptors (Lipinski definition) is 2. The molecule has 0 unspecified atom stereocenters. The number of hydrogen-bond donors (Lipinski definition) is 2. The van der Waals surface area contributed by atoms with Crippen molar-refractivity contribution in [1.82, 2.24) is 5.32 Å². The summed E-state index contributed by atoms with van der Waals surface area (Å²) in [6.45, 7) is 3.09. The van der Waals surface area contributed by atoms with Crippen LogP contribution in [0.3, 0.4) is 0 Å². The number of carboxylic acids is 1. The normalized spacial score (nSPS) is 13.9. The number of nitrogens with one attached hydrogen (secondary N) is 1. The van der Waals surface area contributed by atoms with E-state index < -0.39 is 12.0 Å². The molecule has 0 saturated heterocycles. The number of benzene rings is 1. The fraction of sp³-hybridized carbons (Fsp3) is 0.333. The Morgan fingerprint density at radius 3 is 2.25 bits per heavy atom. The highest BCUT2D eigenvalue weighted by Crippen LogP contribution is 2.18. The van der Waals surface area contributed by atoms with Crippen LogP contribution >= 0.6 is 0 Å². The molecule has 2 N–H and O–H groups in total. The van der Waals surface area contributed by atoms with Crippen LogP contribution in [0.2, 0.25) is 0 Å². The van der Waals surface area contributed by atoms with E-state index in [0.717, 1.165) is 5.56 Å². The molecule has 16 heavy (non-hydrogen) atoms. The summed E-state index contributed by atoms with van der Waals surface area (Å²) in [6, 6.07) is 8.37. The van der Waals surface area contributed by atoms with E-state index in [0.29, 0.717) is 0 Å². The van der Waals surface area contributed by atoms with Gasteiger partial charge in [-0.3, -0.25) is 4.79 Å². The summed E-state index contributed by atoms with van der Waals surface area (Å²) < 4.78 is 0. The van der Waals surface area contributed by atoms with Crippen molar-refractivity contribution in [2.75, 3.05) is 0 Å². The molecule has 0 fully saturated rings. The maximum absolute atomic E-state index is 11.0. The van der Waals surface area contributed by atoms with E-state index in [2.05, 4.69) is 5.32 Å². The Labute approximate surface area is 94.3 Å². The Morgan fingerprint density at radius 1 is 1.25 bits per heavy atom. The van der Waals surface area contributed by atoms with Crippen LogP contribution in [0.4, 0.5) is 0 Å². The van der Waals surface area contributed by atoms with Gasteiger partial charge in [-0.1, -0.05) is 37.3 Å². The number of aliphatic carboxylic acids is 1. The summed E-state index contributed by atoms with van der Waals surface area (Å²) >= 11 is 0. The number of amides is 1. The minimum absolute atomic E-state index is 0.261. The van der Waals surface area contributed by atoms with Crippen molar-refractivity contribution in [3.63, 3.8) is 0 Å². The molecule has 4 nitrogen and oxygen atoms in total. The highest BCUT2D eigenvalue weighted by molar-refractivity contribution is 5.83. The third-order valence-electron chi connectivity index (χ3n) is 2.45. The fourth-order valence-electron chi connectivity index (χ4n) is 1.57. The zero-order chi connectivity index (χ0) is 12.1. The monoisotopic (exact) mass is 221 g/mol. The van der Waals surface area contributed by atoms with Crippen molar-refractivity contribution < 1.29 is 14.7 Å². The van der Waals surface area contributed by atoms with Crippen LogP contribution in [0, 0.1) is 0 Å². The van der Waals surface area contributed by atoms with Crippen molar-refractivity contribution in [3.8, 4) is 0 Å². The maximum Gasteiger partial charge on any atom is 0.326 e. The molecule has 86 valence electrons. The van der Waals surface area contributed by atoms with Crippen LogP contribution in [0.5, 0.6) is 0 Å². The Morgan fingerprint density at radius 2 is 1.81 bits per heavy atom. The van der Waals surface area contributed by atoms with Crippen molar-refractivity contribution >= 4 is 11.9 Å². The zero-order valence-electron chi connectivity index (χ0n) is 9.31. The van der Waals surface area contributed by atoms with Gasteiger partial charge in [0, 0.05) is 12.8 Å². The molecule has 0 spiro atoms. The third kappa shape index (κ3) is 3.08. The minimum atomic E-state index is -1.02. The van der Waals surface area contributed by atoms with Crippen molar-refractivity contribution in [2.45, 2.75) is 25.8 Å². The topological polar surface area (TPSA) is 66.4 Å². The van der Waals surface area contributed by atoms with Gasteiger partial charge in [0.25, 0.3) is 0 Å². The summed E-state index contributed by atoms with van der Waals surface area (Å²) in [5.74, 6) is -1.62. The largest absolute Gasteiger partial charge is 0.480 e. The van der Waals surface area contributed by atoms with Crippen LogP contribution in [0.25, 0.3) is 0 Å². The van der Waals surface area contributed by atoms with Gasteiger partial charge in [-0.25, -0.2) is 4.79 Å². The average Bonchev–Trinajstić information content (AvgIpc) is 2.25. The summed E-state index contributed by atoms with van der Waals surface area (Å²) in [5, 5.41) is 11.5. The van der Waals surface area contributed by atoms with Gasteiger partial charge in [0.2, 0.25) is 5.91 Å². The lowest BCUT2D eigenvalue weighted by molar-refractivity contribution is -0.142. The van der Waals surface area contributed by atoms with Gasteiger partial charge in [0.05, 0.1) is 0 Å². The predicted molar refractivity (Wildman–Crippen MR) is 60.1 cm³/mol. The quantitative estimate of drug-likeness (QED) is 0.807. The molecule has 0 aliphatic heterocycles. The lowest BCUT2D eigenvalue weighted by atomic mass is 9.93. The van der Waals surface area contributed by atoms with Crippen molar-refractivity contribution in [3.05, 3.63) is 35.9 Å². The molecule has 1 amide bonds. The van der Waals surface area contributed by atoms with Gasteiger partial charge >= 0.3 is 5.97 Å². The Bertz CT molecular complexity index is 375. The van der Waals surface area contributed by atoms with Gasteiger partial charge in [-0.2, -0.15) is 0 Å². The van der Waals surface area contributed by atoms with E-state index in [-0.39, 0.29) is 11.8 Å². The molecule has 0 bridgehead atoms. The predicted octanol–water partition coefficient (Wildman–Crippen LogP) is 1.38. The fourth-order valence-corrected chi connectivity index (χ4v) is 1.57. The second-order valence-electron chi connectivity index (χ2n) is 3.72. The Hall–Kier alpha value is -1.84. The number of carboxylic acid groups (broad SMARTS) is 1. The molecule has 4 heteroatoms. The first-order chi connectivity index (χ1) is 7.52. The van der Waals surface area contributed by atoms with E-state index in [9.17, 15) is 9.59 Å². The molecule has 0 heterocycles. The van der Waals surface area contributed by atoms with Gasteiger partial charge in [0.1, 0.15) is 6.04 Å². The van der Waals surface area contributed by atoms with Crippen LogP contribution < -0.4 is 5.32 Å². The summed E-state index contributed by atoms with van der Waals surface area (Å²) in [7, 11) is 0. The number of carbonyl (C=O) groups excluding carboxylic acids is 1. The standard InChI is InChI=1S/C12H15NO3/c1-8(10-6-4-3-5-7-10)11(12(15)16)13-9(2)14/h3-8,11H,1-2H3,(H,13,14)(H,15,16)/t8-,11-/m1/s1. The highest BCUT2D eigenvalue weighted by Gasteiger charge is 2.26. The molecule has 0 aliphatic rings. The molecule has 0 saturated carbocycles.